The van der Waals surface area contributed by atoms with E-state index >= 15 is 0 Å². The van der Waals surface area contributed by atoms with Crippen molar-refractivity contribution in [1.82, 2.24) is 9.97 Å². The Hall–Kier alpha value is -2.34. The van der Waals surface area contributed by atoms with E-state index in [1.807, 2.05) is 0 Å². The molecule has 3 nitrogen and oxygen atoms in total. The van der Waals surface area contributed by atoms with Crippen molar-refractivity contribution in [3.05, 3.63) is 63.0 Å². The van der Waals surface area contributed by atoms with Crippen LogP contribution in [0.3, 0.4) is 0 Å². The molecule has 0 bridgehead atoms. The van der Waals surface area contributed by atoms with Gasteiger partial charge in [0.2, 0.25) is 0 Å². The van der Waals surface area contributed by atoms with Gasteiger partial charge in [0.25, 0.3) is 5.56 Å². The summed E-state index contributed by atoms with van der Waals surface area (Å²) in [6, 6.07) is 4.91. The summed E-state index contributed by atoms with van der Waals surface area (Å²) >= 11 is 1.35. The average Bonchev–Trinajstić information content (AvgIpc) is 2.91. The second kappa shape index (κ2) is 5.21. The molecule has 3 rings (SSSR count). The van der Waals surface area contributed by atoms with E-state index in [2.05, 4.69) is 9.97 Å². The molecular weight excluding hydrogens is 294 g/mol. The molecule has 0 saturated heterocycles. The first-order valence-electron chi connectivity index (χ1n) is 6.16. The van der Waals surface area contributed by atoms with Crippen LogP contribution >= 0.6 is 11.3 Å². The van der Waals surface area contributed by atoms with Gasteiger partial charge in [0.1, 0.15) is 22.3 Å². The van der Waals surface area contributed by atoms with Gasteiger partial charge in [-0.25, -0.2) is 13.8 Å². The van der Waals surface area contributed by atoms with Gasteiger partial charge in [-0.05, 0) is 48.2 Å². The van der Waals surface area contributed by atoms with Crippen LogP contribution in [0.15, 0.2) is 34.4 Å². The number of hydrogen-bond donors (Lipinski definition) is 1. The highest BCUT2D eigenvalue weighted by Crippen LogP contribution is 2.20. The highest BCUT2D eigenvalue weighted by atomic mass is 32.1. The maximum Gasteiger partial charge on any atom is 0.259 e. The standard InChI is InChI=1S/C15H10F2N2OS/c1-8(6-9-7-10(16)2-3-12(9)17)13-18-14(20)11-4-5-21-15(11)19-13/h2-7H,1H3,(H,18,19,20). The minimum absolute atomic E-state index is 0.112. The predicted octanol–water partition coefficient (Wildman–Crippen LogP) is 3.82. The molecule has 2 heterocycles. The summed E-state index contributed by atoms with van der Waals surface area (Å²) in [7, 11) is 0. The van der Waals surface area contributed by atoms with E-state index in [1.165, 1.54) is 17.4 Å². The molecule has 0 aliphatic heterocycles. The van der Waals surface area contributed by atoms with E-state index in [0.29, 0.717) is 21.6 Å². The number of nitrogens with one attached hydrogen (secondary N) is 1. The van der Waals surface area contributed by atoms with E-state index in [1.54, 1.807) is 18.4 Å². The summed E-state index contributed by atoms with van der Waals surface area (Å²) in [5.74, 6) is -0.709. The van der Waals surface area contributed by atoms with E-state index in [4.69, 9.17) is 0 Å². The number of H-pyrrole nitrogens is 1. The zero-order valence-corrected chi connectivity index (χ0v) is 11.8. The molecule has 0 aliphatic carbocycles. The number of hydrogen-bond acceptors (Lipinski definition) is 3. The van der Waals surface area contributed by atoms with Crippen LogP contribution in [-0.4, -0.2) is 9.97 Å². The lowest BCUT2D eigenvalue weighted by Gasteiger charge is -2.03. The number of fused-ring (bicyclic) bond motifs is 1. The summed E-state index contributed by atoms with van der Waals surface area (Å²) in [6.07, 6.45) is 1.45. The fourth-order valence-corrected chi connectivity index (χ4v) is 2.74. The minimum Gasteiger partial charge on any atom is -0.306 e. The van der Waals surface area contributed by atoms with Crippen molar-refractivity contribution >= 4 is 33.2 Å². The fraction of sp³-hybridized carbons (Fsp3) is 0.0667. The predicted molar refractivity (Wildman–Crippen MR) is 80.1 cm³/mol. The Morgan fingerprint density at radius 2 is 2.14 bits per heavy atom. The maximum atomic E-state index is 13.6. The van der Waals surface area contributed by atoms with Crippen molar-refractivity contribution in [2.24, 2.45) is 0 Å². The molecule has 106 valence electrons. The van der Waals surface area contributed by atoms with Crippen molar-refractivity contribution in [2.75, 3.05) is 0 Å². The van der Waals surface area contributed by atoms with Gasteiger partial charge in [0, 0.05) is 5.56 Å². The third kappa shape index (κ3) is 2.62. The van der Waals surface area contributed by atoms with Gasteiger partial charge in [-0.15, -0.1) is 11.3 Å². The molecule has 0 spiro atoms. The van der Waals surface area contributed by atoms with Crippen LogP contribution in [0.1, 0.15) is 18.3 Å². The number of thiophene rings is 1. The highest BCUT2D eigenvalue weighted by Gasteiger charge is 2.08. The Kier molecular flexibility index (Phi) is 3.39. The number of allylic oxidation sites excluding steroid dienone is 1. The highest BCUT2D eigenvalue weighted by molar-refractivity contribution is 7.16. The number of halogens is 2. The van der Waals surface area contributed by atoms with E-state index in [9.17, 15) is 13.6 Å². The lowest BCUT2D eigenvalue weighted by Crippen LogP contribution is -2.09. The van der Waals surface area contributed by atoms with Gasteiger partial charge in [-0.2, -0.15) is 0 Å². The van der Waals surface area contributed by atoms with Crippen molar-refractivity contribution < 1.29 is 8.78 Å². The van der Waals surface area contributed by atoms with Gasteiger partial charge in [0.15, 0.2) is 0 Å². The average molecular weight is 304 g/mol. The molecule has 0 unspecified atom stereocenters. The largest absolute Gasteiger partial charge is 0.306 e. The molecule has 1 aromatic carbocycles. The summed E-state index contributed by atoms with van der Waals surface area (Å²) < 4.78 is 26.8. The number of nitrogens with zero attached hydrogens (tertiary/aromatic N) is 1. The van der Waals surface area contributed by atoms with Crippen LogP contribution in [-0.2, 0) is 0 Å². The zero-order valence-electron chi connectivity index (χ0n) is 11.0. The molecule has 21 heavy (non-hydrogen) atoms. The van der Waals surface area contributed by atoms with Crippen LogP contribution in [0.25, 0.3) is 21.9 Å². The summed E-state index contributed by atoms with van der Waals surface area (Å²) in [5, 5.41) is 2.30. The van der Waals surface area contributed by atoms with Crippen LogP contribution in [0, 0.1) is 11.6 Å². The summed E-state index contributed by atoms with van der Waals surface area (Å²) in [5.41, 5.74) is 0.414. The van der Waals surface area contributed by atoms with Crippen molar-refractivity contribution in [3.8, 4) is 0 Å². The maximum absolute atomic E-state index is 13.6. The molecule has 0 atom stereocenters. The van der Waals surface area contributed by atoms with Crippen LogP contribution in [0.5, 0.6) is 0 Å². The minimum atomic E-state index is -0.532. The summed E-state index contributed by atoms with van der Waals surface area (Å²) in [4.78, 5) is 19.5. The van der Waals surface area contributed by atoms with Crippen LogP contribution < -0.4 is 5.56 Å². The first-order valence-corrected chi connectivity index (χ1v) is 7.04. The van der Waals surface area contributed by atoms with Crippen molar-refractivity contribution in [1.29, 1.82) is 0 Å². The number of rotatable bonds is 2. The second-order valence-electron chi connectivity index (χ2n) is 4.55. The Morgan fingerprint density at radius 1 is 1.33 bits per heavy atom. The Labute approximate surface area is 122 Å². The molecule has 6 heteroatoms. The summed E-state index contributed by atoms with van der Waals surface area (Å²) in [6.45, 7) is 1.68. The number of benzene rings is 1. The quantitative estimate of drug-likeness (QED) is 0.782. The topological polar surface area (TPSA) is 45.8 Å². The van der Waals surface area contributed by atoms with Gasteiger partial charge in [-0.3, -0.25) is 4.79 Å². The monoisotopic (exact) mass is 304 g/mol. The van der Waals surface area contributed by atoms with Gasteiger partial charge in [-0.1, -0.05) is 0 Å². The third-order valence-corrected chi connectivity index (χ3v) is 3.84. The van der Waals surface area contributed by atoms with Gasteiger partial charge < -0.3 is 4.98 Å². The zero-order chi connectivity index (χ0) is 15.0. The number of aromatic amines is 1. The SMILES string of the molecule is CC(=Cc1cc(F)ccc1F)c1nc2sccc2c(=O)[nH]1. The third-order valence-electron chi connectivity index (χ3n) is 3.04. The first-order chi connectivity index (χ1) is 10.0. The Bertz CT molecular complexity index is 911. The molecule has 0 aliphatic rings. The fourth-order valence-electron chi connectivity index (χ4n) is 1.98. The molecule has 2 aromatic heterocycles. The molecule has 1 N–H and O–H groups in total. The van der Waals surface area contributed by atoms with E-state index in [-0.39, 0.29) is 11.1 Å². The molecule has 0 saturated carbocycles. The number of aromatic nitrogens is 2. The lowest BCUT2D eigenvalue weighted by molar-refractivity contribution is 0.598. The first kappa shape index (κ1) is 13.6. The van der Waals surface area contributed by atoms with E-state index in [0.717, 1.165) is 18.2 Å². The Balaban J connectivity index is 2.11. The van der Waals surface area contributed by atoms with Crippen LogP contribution in [0.4, 0.5) is 8.78 Å². The molecule has 0 amide bonds. The van der Waals surface area contributed by atoms with Crippen molar-refractivity contribution in [3.63, 3.8) is 0 Å². The van der Waals surface area contributed by atoms with E-state index < -0.39 is 11.6 Å². The normalized spacial score (nSPS) is 12.0. The lowest BCUT2D eigenvalue weighted by atomic mass is 10.1. The molecule has 0 radical (unpaired) electrons. The Morgan fingerprint density at radius 3 is 2.95 bits per heavy atom. The van der Waals surface area contributed by atoms with Gasteiger partial charge >= 0.3 is 0 Å². The molecule has 3 aromatic rings. The van der Waals surface area contributed by atoms with Crippen LogP contribution in [0.2, 0.25) is 0 Å². The van der Waals surface area contributed by atoms with Crippen molar-refractivity contribution in [2.45, 2.75) is 6.92 Å². The van der Waals surface area contributed by atoms with Gasteiger partial charge in [0.05, 0.1) is 5.39 Å². The molecule has 0 fully saturated rings. The smallest absolute Gasteiger partial charge is 0.259 e. The second-order valence-corrected chi connectivity index (χ2v) is 5.44. The molecular formula is C15H10F2N2OS.